The molecule has 0 saturated heterocycles. The molecule has 4 nitrogen and oxygen atoms in total. The average molecular weight is 238 g/mol. The molecule has 0 aliphatic carbocycles. The lowest BCUT2D eigenvalue weighted by Crippen LogP contribution is -2.02. The zero-order valence-electron chi connectivity index (χ0n) is 9.12. The van der Waals surface area contributed by atoms with E-state index < -0.39 is 0 Å². The smallest absolute Gasteiger partial charge is 0.127 e. The van der Waals surface area contributed by atoms with Crippen LogP contribution < -0.4 is 5.32 Å². The van der Waals surface area contributed by atoms with Crippen LogP contribution in [0.4, 0.5) is 5.69 Å². The Morgan fingerprint density at radius 2 is 2.12 bits per heavy atom. The zero-order chi connectivity index (χ0) is 11.5. The second-order valence-corrected chi connectivity index (χ2v) is 4.05. The third kappa shape index (κ3) is 2.33. The molecule has 0 unspecified atom stereocenters. The maximum Gasteiger partial charge on any atom is 0.127 e. The van der Waals surface area contributed by atoms with Crippen molar-refractivity contribution in [2.24, 2.45) is 0 Å². The van der Waals surface area contributed by atoms with Crippen molar-refractivity contribution in [2.75, 3.05) is 5.32 Å². The molecule has 16 heavy (non-hydrogen) atoms. The van der Waals surface area contributed by atoms with Gasteiger partial charge >= 0.3 is 0 Å². The van der Waals surface area contributed by atoms with Crippen LogP contribution in [0, 0.1) is 13.8 Å². The lowest BCUT2D eigenvalue weighted by atomic mass is 10.2. The van der Waals surface area contributed by atoms with Gasteiger partial charge in [0.15, 0.2) is 0 Å². The molecule has 0 fully saturated rings. The van der Waals surface area contributed by atoms with Gasteiger partial charge in [0.1, 0.15) is 11.4 Å². The Labute approximate surface area is 98.6 Å². The van der Waals surface area contributed by atoms with E-state index in [0.717, 1.165) is 22.6 Å². The van der Waals surface area contributed by atoms with Gasteiger partial charge in [-0.2, -0.15) is 0 Å². The highest BCUT2D eigenvalue weighted by atomic mass is 35.5. The summed E-state index contributed by atoms with van der Waals surface area (Å²) in [5, 5.41) is 11.5. The number of nitrogens with zero attached hydrogens (tertiary/aromatic N) is 2. The first-order valence-corrected chi connectivity index (χ1v) is 5.32. The zero-order valence-corrected chi connectivity index (χ0v) is 9.88. The highest BCUT2D eigenvalue weighted by Gasteiger charge is 2.05. The van der Waals surface area contributed by atoms with Gasteiger partial charge in [0.05, 0.1) is 6.54 Å². The first-order valence-electron chi connectivity index (χ1n) is 4.95. The van der Waals surface area contributed by atoms with Crippen LogP contribution in [0.5, 0.6) is 0 Å². The van der Waals surface area contributed by atoms with E-state index in [0.29, 0.717) is 11.6 Å². The first-order chi connectivity index (χ1) is 7.66. The van der Waals surface area contributed by atoms with Gasteiger partial charge in [-0.3, -0.25) is 0 Å². The number of hydrogen-bond donors (Lipinski definition) is 1. The third-order valence-corrected chi connectivity index (χ3v) is 2.63. The number of rotatable bonds is 3. The van der Waals surface area contributed by atoms with Crippen LogP contribution in [0.1, 0.15) is 17.0 Å². The minimum atomic E-state index is 0.580. The molecule has 1 heterocycles. The van der Waals surface area contributed by atoms with Gasteiger partial charge in [-0.05, 0) is 31.5 Å². The van der Waals surface area contributed by atoms with Gasteiger partial charge < -0.3 is 5.32 Å². The molecule has 1 aromatic heterocycles. The number of aryl methyl sites for hydroxylation is 2. The van der Waals surface area contributed by atoms with Crippen LogP contribution in [0.25, 0.3) is 0 Å². The van der Waals surface area contributed by atoms with E-state index >= 15 is 0 Å². The molecule has 0 aliphatic heterocycles. The maximum atomic E-state index is 5.92. The number of nitrogens with one attached hydrogen (secondary N) is 1. The van der Waals surface area contributed by atoms with Crippen molar-refractivity contribution in [3.8, 4) is 0 Å². The summed E-state index contributed by atoms with van der Waals surface area (Å²) in [5.41, 5.74) is 3.74. The fraction of sp³-hybridized carbons (Fsp3) is 0.273. The summed E-state index contributed by atoms with van der Waals surface area (Å²) in [6.07, 6.45) is 0. The van der Waals surface area contributed by atoms with E-state index in [1.165, 1.54) is 0 Å². The van der Waals surface area contributed by atoms with Crippen LogP contribution in [-0.4, -0.2) is 10.3 Å². The minimum Gasteiger partial charge on any atom is -0.379 e. The standard InChI is InChI=1S/C11H12ClN3O/c1-7-3-4-9(12)5-10(7)13-6-11-8(2)14-16-15-11/h3-5,13H,6H2,1-2H3. The Morgan fingerprint density at radius 1 is 1.31 bits per heavy atom. The van der Waals surface area contributed by atoms with Gasteiger partial charge in [-0.15, -0.1) is 0 Å². The third-order valence-electron chi connectivity index (χ3n) is 2.39. The average Bonchev–Trinajstić information content (AvgIpc) is 2.66. The number of aromatic nitrogens is 2. The van der Waals surface area contributed by atoms with Gasteiger partial charge in [-0.25, -0.2) is 4.63 Å². The molecule has 0 bridgehead atoms. The van der Waals surface area contributed by atoms with Crippen molar-refractivity contribution in [3.05, 3.63) is 40.2 Å². The van der Waals surface area contributed by atoms with Gasteiger partial charge in [0.25, 0.3) is 0 Å². The van der Waals surface area contributed by atoms with Crippen LogP contribution in [0.15, 0.2) is 22.8 Å². The van der Waals surface area contributed by atoms with Gasteiger partial charge in [0, 0.05) is 10.7 Å². The Hall–Kier alpha value is -1.55. The number of hydrogen-bond acceptors (Lipinski definition) is 4. The normalized spacial score (nSPS) is 10.4. The van der Waals surface area contributed by atoms with Crippen LogP contribution in [0.2, 0.25) is 5.02 Å². The molecule has 5 heteroatoms. The van der Waals surface area contributed by atoms with Crippen LogP contribution in [0.3, 0.4) is 0 Å². The summed E-state index contributed by atoms with van der Waals surface area (Å²) in [6.45, 7) is 4.46. The summed E-state index contributed by atoms with van der Waals surface area (Å²) in [6, 6.07) is 5.73. The fourth-order valence-corrected chi connectivity index (χ4v) is 1.55. The van der Waals surface area contributed by atoms with Crippen LogP contribution in [-0.2, 0) is 6.54 Å². The molecule has 0 aliphatic rings. The summed E-state index contributed by atoms with van der Waals surface area (Å²) >= 11 is 5.92. The molecule has 0 amide bonds. The molecular formula is C11H12ClN3O. The van der Waals surface area contributed by atoms with E-state index in [1.807, 2.05) is 32.0 Å². The van der Waals surface area contributed by atoms with Crippen molar-refractivity contribution in [2.45, 2.75) is 20.4 Å². The molecule has 0 spiro atoms. The summed E-state index contributed by atoms with van der Waals surface area (Å²) in [4.78, 5) is 0. The largest absolute Gasteiger partial charge is 0.379 e. The summed E-state index contributed by atoms with van der Waals surface area (Å²) in [5.74, 6) is 0. The van der Waals surface area contributed by atoms with Crippen molar-refractivity contribution in [1.82, 2.24) is 10.3 Å². The SMILES string of the molecule is Cc1ccc(Cl)cc1NCc1nonc1C. The Morgan fingerprint density at radius 3 is 2.81 bits per heavy atom. The highest BCUT2D eigenvalue weighted by Crippen LogP contribution is 2.20. The lowest BCUT2D eigenvalue weighted by molar-refractivity contribution is 0.301. The number of halogens is 1. The molecule has 2 rings (SSSR count). The first kappa shape index (κ1) is 11.0. The quantitative estimate of drug-likeness (QED) is 0.892. The molecular weight excluding hydrogens is 226 g/mol. The molecule has 0 atom stereocenters. The minimum absolute atomic E-state index is 0.580. The fourth-order valence-electron chi connectivity index (χ4n) is 1.37. The maximum absolute atomic E-state index is 5.92. The Balaban J connectivity index is 2.10. The van der Waals surface area contributed by atoms with Gasteiger partial charge in [0.2, 0.25) is 0 Å². The van der Waals surface area contributed by atoms with Crippen molar-refractivity contribution >= 4 is 17.3 Å². The Bertz CT molecular complexity index is 496. The molecule has 0 saturated carbocycles. The molecule has 1 N–H and O–H groups in total. The molecule has 1 aromatic carbocycles. The monoisotopic (exact) mass is 237 g/mol. The topological polar surface area (TPSA) is 51.0 Å². The summed E-state index contributed by atoms with van der Waals surface area (Å²) in [7, 11) is 0. The highest BCUT2D eigenvalue weighted by molar-refractivity contribution is 6.30. The lowest BCUT2D eigenvalue weighted by Gasteiger charge is -2.08. The van der Waals surface area contributed by atoms with Crippen molar-refractivity contribution in [1.29, 1.82) is 0 Å². The second kappa shape index (κ2) is 4.53. The van der Waals surface area contributed by atoms with E-state index in [-0.39, 0.29) is 0 Å². The number of anilines is 1. The second-order valence-electron chi connectivity index (χ2n) is 3.61. The van der Waals surface area contributed by atoms with E-state index in [4.69, 9.17) is 11.6 Å². The van der Waals surface area contributed by atoms with Crippen molar-refractivity contribution in [3.63, 3.8) is 0 Å². The Kier molecular flexibility index (Phi) is 3.10. The molecule has 84 valence electrons. The van der Waals surface area contributed by atoms with Gasteiger partial charge in [-0.1, -0.05) is 28.0 Å². The van der Waals surface area contributed by atoms with Crippen LogP contribution >= 0.6 is 11.6 Å². The molecule has 0 radical (unpaired) electrons. The van der Waals surface area contributed by atoms with E-state index in [2.05, 4.69) is 20.3 Å². The molecule has 2 aromatic rings. The van der Waals surface area contributed by atoms with E-state index in [9.17, 15) is 0 Å². The predicted molar refractivity (Wildman–Crippen MR) is 62.6 cm³/mol. The van der Waals surface area contributed by atoms with Crippen molar-refractivity contribution < 1.29 is 4.63 Å². The van der Waals surface area contributed by atoms with E-state index in [1.54, 1.807) is 0 Å². The number of benzene rings is 1. The summed E-state index contributed by atoms with van der Waals surface area (Å²) < 4.78 is 4.62. The predicted octanol–water partition coefficient (Wildman–Crippen LogP) is 2.95.